The van der Waals surface area contributed by atoms with Crippen LogP contribution in [0.25, 0.3) is 0 Å². The maximum Gasteiger partial charge on any atom is 0.340 e. The zero-order valence-electron chi connectivity index (χ0n) is 15.6. The Morgan fingerprint density at radius 3 is 1.81 bits per heavy atom. The summed E-state index contributed by atoms with van der Waals surface area (Å²) in [5.41, 5.74) is 0.631. The second kappa shape index (κ2) is 10.2. The van der Waals surface area contributed by atoms with E-state index in [4.69, 9.17) is 9.47 Å². The largest absolute Gasteiger partial charge is 0.505 e. The van der Waals surface area contributed by atoms with Gasteiger partial charge in [0.15, 0.2) is 17.1 Å². The Morgan fingerprint density at radius 2 is 1.31 bits per heavy atom. The first-order valence-corrected chi connectivity index (χ1v) is 12.0. The van der Waals surface area contributed by atoms with Gasteiger partial charge in [0, 0.05) is 98.6 Å². The van der Waals surface area contributed by atoms with Gasteiger partial charge in [-0.1, -0.05) is 6.07 Å². The molecule has 0 saturated carbocycles. The summed E-state index contributed by atoms with van der Waals surface area (Å²) in [5.74, 6) is -0.122. The zero-order chi connectivity index (χ0) is 21.5. The molecule has 2 radical (unpaired) electrons. The number of phenols is 2. The van der Waals surface area contributed by atoms with Gasteiger partial charge in [0.1, 0.15) is 20.4 Å². The van der Waals surface area contributed by atoms with E-state index < -0.39 is 11.6 Å². The number of carbonyl (C=O) groups is 1. The fourth-order valence-electron chi connectivity index (χ4n) is 3.81. The Labute approximate surface area is 293 Å². The minimum Gasteiger partial charge on any atom is -0.505 e. The molecule has 1 spiro atoms. The normalized spacial score (nSPS) is 14.3. The van der Waals surface area contributed by atoms with Gasteiger partial charge in [-0.05, 0) is 88.0 Å². The van der Waals surface area contributed by atoms with Crippen molar-refractivity contribution in [1.82, 2.24) is 0 Å². The smallest absolute Gasteiger partial charge is 0.340 e. The first-order chi connectivity index (χ1) is 14.2. The number of rotatable bonds is 0. The molecule has 3 aromatic carbocycles. The molecule has 2 aliphatic rings. The van der Waals surface area contributed by atoms with E-state index in [0.717, 1.165) is 0 Å². The summed E-state index contributed by atoms with van der Waals surface area (Å²) >= 11 is 17.8. The van der Waals surface area contributed by atoms with Crippen LogP contribution in [0.4, 0.5) is 0 Å². The fourth-order valence-corrected chi connectivity index (χ4v) is 6.42. The molecule has 0 unspecified atom stereocenters. The van der Waals surface area contributed by atoms with Crippen molar-refractivity contribution < 1.29 is 113 Å². The van der Waals surface area contributed by atoms with Gasteiger partial charge in [-0.2, -0.15) is 0 Å². The average molecular weight is 1130 g/mol. The van der Waals surface area contributed by atoms with E-state index in [-0.39, 0.29) is 120 Å². The summed E-state index contributed by atoms with van der Waals surface area (Å²) in [4.78, 5) is 13.6. The number of fused-ring (bicyclic) bond motifs is 6. The van der Waals surface area contributed by atoms with E-state index >= 15 is 0 Å². The van der Waals surface area contributed by atoms with Crippen LogP contribution in [0, 0.1) is 88.1 Å². The summed E-state index contributed by atoms with van der Waals surface area (Å²) in [6.45, 7) is 0. The SMILES string of the molecule is O=C1OC2(c3ccc(S)cc31)c1cc(Br)c(O)c(Br)c1Oc1c2cc(Br)c(O)c1Br.[Ac].[Ac]. The molecule has 32 heavy (non-hydrogen) atoms. The quantitative estimate of drug-likeness (QED) is 0.167. The van der Waals surface area contributed by atoms with E-state index in [0.29, 0.717) is 36.1 Å². The Morgan fingerprint density at radius 1 is 0.812 bits per heavy atom. The third-order valence-corrected chi connectivity index (χ3v) is 8.07. The maximum absolute atomic E-state index is 12.9. The first kappa shape index (κ1) is 28.3. The maximum atomic E-state index is 12.9. The van der Waals surface area contributed by atoms with E-state index in [1.807, 2.05) is 0 Å². The average Bonchev–Trinajstić information content (AvgIpc) is 2.99. The summed E-state index contributed by atoms with van der Waals surface area (Å²) in [5, 5.41) is 20.9. The number of esters is 1. The topological polar surface area (TPSA) is 76.0 Å². The number of ether oxygens (including phenoxy) is 2. The van der Waals surface area contributed by atoms with Gasteiger partial charge in [-0.15, -0.1) is 12.6 Å². The van der Waals surface area contributed by atoms with E-state index in [9.17, 15) is 15.0 Å². The van der Waals surface area contributed by atoms with Crippen molar-refractivity contribution in [2.45, 2.75) is 10.5 Å². The second-order valence-electron chi connectivity index (χ2n) is 6.70. The monoisotopic (exact) mass is 1130 g/mol. The van der Waals surface area contributed by atoms with E-state index in [1.165, 1.54) is 0 Å². The van der Waals surface area contributed by atoms with Crippen molar-refractivity contribution in [3.63, 3.8) is 0 Å². The number of benzene rings is 3. The molecule has 158 valence electrons. The predicted octanol–water partition coefficient (Wildman–Crippen LogP) is 7.00. The van der Waals surface area contributed by atoms with Gasteiger partial charge in [0.05, 0.1) is 25.6 Å². The molecular formula is C20H8Ac2Br4O5S. The number of thiol groups is 1. The third kappa shape index (κ3) is 4.06. The van der Waals surface area contributed by atoms with E-state index in [2.05, 4.69) is 76.3 Å². The van der Waals surface area contributed by atoms with E-state index in [1.54, 1.807) is 30.3 Å². The van der Waals surface area contributed by atoms with Crippen molar-refractivity contribution in [2.75, 3.05) is 0 Å². The Bertz CT molecular complexity index is 1250. The number of hydrogen-bond donors (Lipinski definition) is 3. The number of hydrogen-bond acceptors (Lipinski definition) is 6. The van der Waals surface area contributed by atoms with Crippen LogP contribution >= 0.6 is 76.3 Å². The third-order valence-electron chi connectivity index (χ3n) is 5.11. The van der Waals surface area contributed by atoms with Crippen LogP contribution in [-0.2, 0) is 10.3 Å². The fraction of sp³-hybridized carbons (Fsp3) is 0.0500. The Kier molecular flexibility index (Phi) is 9.02. The molecule has 0 bridgehead atoms. The van der Waals surface area contributed by atoms with Crippen LogP contribution in [0.3, 0.4) is 0 Å². The van der Waals surface area contributed by atoms with Gasteiger partial charge in [0.25, 0.3) is 0 Å². The van der Waals surface area contributed by atoms with Crippen molar-refractivity contribution in [1.29, 1.82) is 0 Å². The molecule has 0 fully saturated rings. The standard InChI is InChI=1S/C20H8Br4O5S.2Ac/c21-11-4-9-17(13(23)15(11)25)28-18-10(5-12(22)16(26)14(18)24)20(9)8-2-1-6(30)3-7(8)19(27)29-20;;/h1-5,25-26,30H;;. The number of phenolic OH excluding ortho intramolecular Hbond substituents is 2. The molecule has 2 heterocycles. The summed E-state index contributed by atoms with van der Waals surface area (Å²) in [6.07, 6.45) is 0. The minimum atomic E-state index is -1.37. The van der Waals surface area contributed by atoms with Crippen LogP contribution in [0.15, 0.2) is 53.1 Å². The molecule has 12 heteroatoms. The minimum absolute atomic E-state index is 0. The van der Waals surface area contributed by atoms with Crippen LogP contribution in [-0.4, -0.2) is 16.2 Å². The van der Waals surface area contributed by atoms with Gasteiger partial charge in [0.2, 0.25) is 0 Å². The molecule has 0 saturated heterocycles. The summed E-state index contributed by atoms with van der Waals surface area (Å²) < 4.78 is 13.5. The number of halogens is 4. The van der Waals surface area contributed by atoms with Crippen LogP contribution in [0.5, 0.6) is 23.0 Å². The zero-order valence-corrected chi connectivity index (χ0v) is 32.3. The molecule has 5 rings (SSSR count). The van der Waals surface area contributed by atoms with Crippen LogP contribution in [0.2, 0.25) is 0 Å². The van der Waals surface area contributed by atoms with Gasteiger partial charge >= 0.3 is 5.97 Å². The van der Waals surface area contributed by atoms with Crippen molar-refractivity contribution in [3.8, 4) is 23.0 Å². The molecule has 0 amide bonds. The molecule has 0 aliphatic carbocycles. The molecular weight excluding hydrogens is 1130 g/mol. The molecule has 3 aromatic rings. The van der Waals surface area contributed by atoms with Gasteiger partial charge < -0.3 is 19.7 Å². The van der Waals surface area contributed by atoms with Crippen molar-refractivity contribution in [3.05, 3.63) is 70.5 Å². The molecule has 2 aliphatic heterocycles. The van der Waals surface area contributed by atoms with Crippen LogP contribution in [0.1, 0.15) is 27.0 Å². The van der Waals surface area contributed by atoms with Gasteiger partial charge in [-0.3, -0.25) is 0 Å². The van der Waals surface area contributed by atoms with Crippen molar-refractivity contribution in [2.24, 2.45) is 0 Å². The Balaban J connectivity index is 0.00000144. The molecule has 0 atom stereocenters. The number of carbonyl (C=O) groups excluding carboxylic acids is 1. The first-order valence-electron chi connectivity index (χ1n) is 8.34. The molecule has 0 aromatic heterocycles. The number of aromatic hydroxyl groups is 2. The second-order valence-corrected chi connectivity index (χ2v) is 10.5. The predicted molar refractivity (Wildman–Crippen MR) is 126 cm³/mol. The molecule has 2 N–H and O–H groups in total. The Hall–Kier alpha value is 1.68. The van der Waals surface area contributed by atoms with Gasteiger partial charge in [-0.25, -0.2) is 4.79 Å². The van der Waals surface area contributed by atoms with Crippen LogP contribution < -0.4 is 4.74 Å². The summed E-state index contributed by atoms with van der Waals surface area (Å²) in [6, 6.07) is 8.52. The summed E-state index contributed by atoms with van der Waals surface area (Å²) in [7, 11) is 0. The van der Waals surface area contributed by atoms with Crippen molar-refractivity contribution >= 4 is 82.3 Å². The molecule has 5 nitrogen and oxygen atoms in total.